The Morgan fingerprint density at radius 2 is 1.14 bits per heavy atom. The van der Waals surface area contributed by atoms with Gasteiger partial charge in [0.15, 0.2) is 0 Å². The molecule has 0 amide bonds. The minimum absolute atomic E-state index is 0.121. The van der Waals surface area contributed by atoms with Gasteiger partial charge in [-0.2, -0.15) is 0 Å². The standard InChI is InChI=1S/C50H51N/c1-35-17-24-41(25-18-35)51(42-26-19-36(2)20-27-42)43-28-21-37(22-29-43)12-10-11-31-50(40-23-30-44-38(33-40)32-39(44)34-49(3,4)5)47-15-8-6-13-45(47)46-14-7-9-16-48(46)50/h6-9,13-30,33,39H,10-12,31-32,34H2,1-5H3. The van der Waals surface area contributed by atoms with Gasteiger partial charge in [-0.25, -0.2) is 0 Å². The second-order valence-corrected chi connectivity index (χ2v) is 16.5. The molecule has 6 aromatic rings. The highest BCUT2D eigenvalue weighted by Crippen LogP contribution is 2.56. The van der Waals surface area contributed by atoms with Crippen molar-refractivity contribution in [2.75, 3.05) is 4.90 Å². The van der Waals surface area contributed by atoms with Crippen LogP contribution in [0.2, 0.25) is 0 Å². The Morgan fingerprint density at radius 3 is 1.67 bits per heavy atom. The molecule has 0 heterocycles. The highest BCUT2D eigenvalue weighted by atomic mass is 15.1. The summed E-state index contributed by atoms with van der Waals surface area (Å²) >= 11 is 0. The summed E-state index contributed by atoms with van der Waals surface area (Å²) in [5.41, 5.74) is 18.1. The molecule has 0 aromatic heterocycles. The monoisotopic (exact) mass is 665 g/mol. The smallest absolute Gasteiger partial charge is 0.0463 e. The van der Waals surface area contributed by atoms with Crippen LogP contribution in [-0.4, -0.2) is 0 Å². The molecule has 0 bridgehead atoms. The van der Waals surface area contributed by atoms with E-state index in [9.17, 15) is 0 Å². The molecule has 0 N–H and O–H groups in total. The number of hydrogen-bond acceptors (Lipinski definition) is 1. The lowest BCUT2D eigenvalue weighted by molar-refractivity contribution is 0.323. The SMILES string of the molecule is Cc1ccc(N(c2ccc(C)cc2)c2ccc(CCCCC3(c4ccc5c(c4)CC5CC(C)(C)C)c4ccccc4-c4ccccc43)cc2)cc1. The van der Waals surface area contributed by atoms with Crippen LogP contribution in [0.5, 0.6) is 0 Å². The summed E-state index contributed by atoms with van der Waals surface area (Å²) in [6, 6.07) is 52.9. The Labute approximate surface area is 306 Å². The molecule has 2 aliphatic rings. The molecule has 0 aliphatic heterocycles. The Morgan fingerprint density at radius 1 is 0.608 bits per heavy atom. The van der Waals surface area contributed by atoms with E-state index in [4.69, 9.17) is 0 Å². The predicted molar refractivity (Wildman–Crippen MR) is 217 cm³/mol. The molecule has 6 aromatic carbocycles. The highest BCUT2D eigenvalue weighted by molar-refractivity contribution is 5.83. The number of aryl methyl sites for hydroxylation is 3. The zero-order chi connectivity index (χ0) is 35.2. The normalized spacial score (nSPS) is 15.4. The first kappa shape index (κ1) is 33.3. The van der Waals surface area contributed by atoms with E-state index in [1.54, 1.807) is 11.1 Å². The van der Waals surface area contributed by atoms with E-state index in [1.807, 2.05) is 0 Å². The van der Waals surface area contributed by atoms with Crippen molar-refractivity contribution in [2.45, 2.75) is 84.5 Å². The summed E-state index contributed by atoms with van der Waals surface area (Å²) in [6.45, 7) is 11.4. The zero-order valence-electron chi connectivity index (χ0n) is 31.0. The van der Waals surface area contributed by atoms with Crippen LogP contribution >= 0.6 is 0 Å². The number of nitrogens with zero attached hydrogens (tertiary/aromatic N) is 1. The van der Waals surface area contributed by atoms with Crippen molar-refractivity contribution < 1.29 is 0 Å². The summed E-state index contributed by atoms with van der Waals surface area (Å²) in [5, 5.41) is 0. The summed E-state index contributed by atoms with van der Waals surface area (Å²) < 4.78 is 0. The van der Waals surface area contributed by atoms with Gasteiger partial charge in [-0.15, -0.1) is 0 Å². The second-order valence-electron chi connectivity index (χ2n) is 16.5. The Hall–Kier alpha value is -4.88. The number of fused-ring (bicyclic) bond motifs is 4. The lowest BCUT2D eigenvalue weighted by Crippen LogP contribution is -2.29. The fourth-order valence-corrected chi connectivity index (χ4v) is 9.03. The molecular formula is C50H51N. The van der Waals surface area contributed by atoms with Gasteiger partial charge in [-0.05, 0) is 138 Å². The summed E-state index contributed by atoms with van der Waals surface area (Å²) in [5.74, 6) is 0.695. The van der Waals surface area contributed by atoms with Crippen molar-refractivity contribution in [1.29, 1.82) is 0 Å². The van der Waals surface area contributed by atoms with Crippen molar-refractivity contribution in [2.24, 2.45) is 5.41 Å². The molecule has 8 rings (SSSR count). The van der Waals surface area contributed by atoms with E-state index in [-0.39, 0.29) is 5.41 Å². The second kappa shape index (κ2) is 13.3. The first-order valence-electron chi connectivity index (χ1n) is 19.0. The zero-order valence-corrected chi connectivity index (χ0v) is 31.0. The summed E-state index contributed by atoms with van der Waals surface area (Å²) in [4.78, 5) is 2.36. The molecular weight excluding hydrogens is 615 g/mol. The first-order valence-corrected chi connectivity index (χ1v) is 19.0. The quantitative estimate of drug-likeness (QED) is 0.132. The van der Waals surface area contributed by atoms with Crippen molar-refractivity contribution >= 4 is 17.1 Å². The van der Waals surface area contributed by atoms with Gasteiger partial charge in [0.1, 0.15) is 0 Å². The van der Waals surface area contributed by atoms with Gasteiger partial charge in [0, 0.05) is 22.5 Å². The average molecular weight is 666 g/mol. The molecule has 2 aliphatic carbocycles. The molecule has 1 atom stereocenters. The van der Waals surface area contributed by atoms with Crippen LogP contribution in [0.3, 0.4) is 0 Å². The van der Waals surface area contributed by atoms with Crippen LogP contribution in [-0.2, 0) is 18.3 Å². The van der Waals surface area contributed by atoms with Gasteiger partial charge >= 0.3 is 0 Å². The molecule has 51 heavy (non-hydrogen) atoms. The number of benzene rings is 6. The number of hydrogen-bond donors (Lipinski definition) is 0. The van der Waals surface area contributed by atoms with Crippen LogP contribution in [0, 0.1) is 19.3 Å². The third kappa shape index (κ3) is 6.33. The van der Waals surface area contributed by atoms with Crippen LogP contribution in [0.25, 0.3) is 11.1 Å². The lowest BCUT2D eigenvalue weighted by atomic mass is 9.65. The Balaban J connectivity index is 1.04. The first-order chi connectivity index (χ1) is 24.7. The van der Waals surface area contributed by atoms with Crippen LogP contribution < -0.4 is 4.90 Å². The van der Waals surface area contributed by atoms with E-state index in [0.717, 1.165) is 25.7 Å². The molecule has 256 valence electrons. The topological polar surface area (TPSA) is 3.24 Å². The van der Waals surface area contributed by atoms with Gasteiger partial charge in [0.05, 0.1) is 0 Å². The van der Waals surface area contributed by atoms with Crippen molar-refractivity contribution in [3.8, 4) is 11.1 Å². The lowest BCUT2D eigenvalue weighted by Gasteiger charge is -2.38. The molecule has 1 unspecified atom stereocenters. The van der Waals surface area contributed by atoms with E-state index in [0.29, 0.717) is 11.3 Å². The molecule has 0 spiro atoms. The van der Waals surface area contributed by atoms with Crippen molar-refractivity contribution in [3.05, 3.63) is 184 Å². The average Bonchev–Trinajstić information content (AvgIpc) is 3.41. The highest BCUT2D eigenvalue weighted by Gasteiger charge is 2.44. The van der Waals surface area contributed by atoms with Gasteiger partial charge in [0.25, 0.3) is 0 Å². The van der Waals surface area contributed by atoms with E-state index >= 15 is 0 Å². The van der Waals surface area contributed by atoms with Crippen LogP contribution in [0.4, 0.5) is 17.1 Å². The summed E-state index contributed by atoms with van der Waals surface area (Å²) in [7, 11) is 0. The van der Waals surface area contributed by atoms with Crippen molar-refractivity contribution in [1.82, 2.24) is 0 Å². The molecule has 0 radical (unpaired) electrons. The molecule has 0 saturated heterocycles. The van der Waals surface area contributed by atoms with E-state index in [2.05, 4.69) is 179 Å². The molecule has 0 fully saturated rings. The van der Waals surface area contributed by atoms with Crippen LogP contribution in [0.1, 0.15) is 96.9 Å². The third-order valence-electron chi connectivity index (χ3n) is 11.5. The minimum Gasteiger partial charge on any atom is -0.311 e. The van der Waals surface area contributed by atoms with Crippen LogP contribution in [0.15, 0.2) is 140 Å². The number of anilines is 3. The maximum atomic E-state index is 2.58. The van der Waals surface area contributed by atoms with Gasteiger partial charge in [-0.3, -0.25) is 0 Å². The predicted octanol–water partition coefficient (Wildman–Crippen LogP) is 13.6. The summed E-state index contributed by atoms with van der Waals surface area (Å²) in [6.07, 6.45) is 6.97. The third-order valence-corrected chi connectivity index (χ3v) is 11.5. The Bertz CT molecular complexity index is 2050. The molecule has 0 saturated carbocycles. The van der Waals surface area contributed by atoms with Gasteiger partial charge in [-0.1, -0.05) is 141 Å². The fraction of sp³-hybridized carbons (Fsp3) is 0.280. The molecule has 1 heteroatoms. The number of unbranched alkanes of at least 4 members (excludes halogenated alkanes) is 1. The molecule has 1 nitrogen and oxygen atoms in total. The van der Waals surface area contributed by atoms with Gasteiger partial charge in [0.2, 0.25) is 0 Å². The van der Waals surface area contributed by atoms with E-state index < -0.39 is 0 Å². The van der Waals surface area contributed by atoms with Crippen molar-refractivity contribution in [3.63, 3.8) is 0 Å². The maximum absolute atomic E-state index is 2.58. The largest absolute Gasteiger partial charge is 0.311 e. The fourth-order valence-electron chi connectivity index (χ4n) is 9.03. The Kier molecular flexibility index (Phi) is 8.71. The van der Waals surface area contributed by atoms with E-state index in [1.165, 1.54) is 74.4 Å². The number of rotatable bonds is 10. The maximum Gasteiger partial charge on any atom is 0.0463 e. The van der Waals surface area contributed by atoms with Gasteiger partial charge < -0.3 is 4.90 Å². The minimum atomic E-state index is -0.121.